The number of anilines is 1. The first-order chi connectivity index (χ1) is 9.31. The molecule has 0 saturated carbocycles. The van der Waals surface area contributed by atoms with E-state index in [2.05, 4.69) is 25.8 Å². The number of sulfonamides is 1. The average Bonchev–Trinajstić information content (AvgIpc) is 2.80. The van der Waals surface area contributed by atoms with Crippen LogP contribution in [-0.2, 0) is 10.0 Å². The predicted octanol–water partition coefficient (Wildman–Crippen LogP) is 3.68. The Hall–Kier alpha value is -1.05. The Morgan fingerprint density at radius 1 is 1.35 bits per heavy atom. The molecule has 0 aliphatic rings. The molecule has 0 radical (unpaired) electrons. The molecule has 2 aromatic rings. The molecule has 108 valence electrons. The lowest BCUT2D eigenvalue weighted by Crippen LogP contribution is -2.17. The average molecular weight is 379 g/mol. The Balaban J connectivity index is 2.36. The van der Waals surface area contributed by atoms with Crippen LogP contribution >= 0.6 is 27.5 Å². The number of hydrogen-bond acceptors (Lipinski definition) is 3. The van der Waals surface area contributed by atoms with Gasteiger partial charge in [0.15, 0.2) is 0 Å². The summed E-state index contributed by atoms with van der Waals surface area (Å²) >= 11 is 9.08. The second-order valence-corrected chi connectivity index (χ2v) is 7.38. The molecule has 2 rings (SSSR count). The van der Waals surface area contributed by atoms with E-state index in [1.54, 1.807) is 16.9 Å². The van der Waals surface area contributed by atoms with Crippen molar-refractivity contribution in [2.24, 2.45) is 0 Å². The number of aromatic nitrogens is 2. The van der Waals surface area contributed by atoms with Crippen LogP contribution in [0, 0.1) is 0 Å². The summed E-state index contributed by atoms with van der Waals surface area (Å²) in [6, 6.07) is 6.11. The fourth-order valence-corrected chi connectivity index (χ4v) is 3.37. The fourth-order valence-electron chi connectivity index (χ4n) is 1.65. The first kappa shape index (κ1) is 15.3. The monoisotopic (exact) mass is 377 g/mol. The topological polar surface area (TPSA) is 64.0 Å². The van der Waals surface area contributed by atoms with Crippen LogP contribution in [0.1, 0.15) is 19.9 Å². The summed E-state index contributed by atoms with van der Waals surface area (Å²) in [5, 5.41) is 4.54. The van der Waals surface area contributed by atoms with E-state index >= 15 is 0 Å². The van der Waals surface area contributed by atoms with Crippen molar-refractivity contribution in [2.45, 2.75) is 24.8 Å². The van der Waals surface area contributed by atoms with E-state index in [9.17, 15) is 8.42 Å². The molecule has 8 heteroatoms. The van der Waals surface area contributed by atoms with Crippen LogP contribution in [0.4, 0.5) is 5.82 Å². The van der Waals surface area contributed by atoms with Gasteiger partial charge in [-0.05, 0) is 48.0 Å². The molecule has 1 aromatic heterocycles. The zero-order valence-electron chi connectivity index (χ0n) is 10.8. The van der Waals surface area contributed by atoms with Crippen molar-refractivity contribution in [1.29, 1.82) is 0 Å². The van der Waals surface area contributed by atoms with Crippen molar-refractivity contribution < 1.29 is 8.42 Å². The van der Waals surface area contributed by atoms with E-state index < -0.39 is 10.0 Å². The highest BCUT2D eigenvalue weighted by molar-refractivity contribution is 9.10. The minimum absolute atomic E-state index is 0.0552. The van der Waals surface area contributed by atoms with E-state index in [-0.39, 0.29) is 10.9 Å². The second-order valence-electron chi connectivity index (χ2n) is 4.44. The van der Waals surface area contributed by atoms with Crippen LogP contribution in [0.15, 0.2) is 39.8 Å². The zero-order chi connectivity index (χ0) is 14.9. The van der Waals surface area contributed by atoms with Crippen molar-refractivity contribution in [2.75, 3.05) is 4.72 Å². The van der Waals surface area contributed by atoms with E-state index in [4.69, 9.17) is 11.6 Å². The minimum atomic E-state index is -3.68. The van der Waals surface area contributed by atoms with Crippen LogP contribution in [0.5, 0.6) is 0 Å². The van der Waals surface area contributed by atoms with Crippen molar-refractivity contribution in [1.82, 2.24) is 9.78 Å². The molecule has 0 fully saturated rings. The summed E-state index contributed by atoms with van der Waals surface area (Å²) in [5.74, 6) is 0.422. The van der Waals surface area contributed by atoms with Crippen LogP contribution in [0.25, 0.3) is 0 Å². The molecule has 1 N–H and O–H groups in total. The molecule has 1 aromatic carbocycles. The van der Waals surface area contributed by atoms with Gasteiger partial charge < -0.3 is 0 Å². The highest BCUT2D eigenvalue weighted by Gasteiger charge is 2.18. The van der Waals surface area contributed by atoms with Gasteiger partial charge in [0.25, 0.3) is 10.0 Å². The predicted molar refractivity (Wildman–Crippen MR) is 82.6 cm³/mol. The molecule has 1 heterocycles. The number of benzene rings is 1. The molecule has 0 bridgehead atoms. The third kappa shape index (κ3) is 3.16. The van der Waals surface area contributed by atoms with Gasteiger partial charge in [-0.15, -0.1) is 0 Å². The molecule has 20 heavy (non-hydrogen) atoms. The highest BCUT2D eigenvalue weighted by atomic mass is 79.9. The van der Waals surface area contributed by atoms with E-state index in [1.165, 1.54) is 18.2 Å². The van der Waals surface area contributed by atoms with Gasteiger partial charge in [-0.1, -0.05) is 11.6 Å². The third-order valence-corrected chi connectivity index (χ3v) is 5.17. The summed E-state index contributed by atoms with van der Waals surface area (Å²) in [6.45, 7) is 3.84. The highest BCUT2D eigenvalue weighted by Crippen LogP contribution is 2.26. The number of nitrogens with one attached hydrogen (secondary N) is 1. The van der Waals surface area contributed by atoms with Crippen LogP contribution in [-0.4, -0.2) is 18.2 Å². The number of rotatable bonds is 4. The maximum atomic E-state index is 12.3. The standard InChI is InChI=1S/C12H13BrClN3O2S/c1-8(2)17-12(5-6-15-17)16-20(18,19)9-3-4-11(14)10(13)7-9/h3-8,16H,1-2H3. The van der Waals surface area contributed by atoms with Crippen LogP contribution < -0.4 is 4.72 Å². The first-order valence-corrected chi connectivity index (χ1v) is 8.48. The van der Waals surface area contributed by atoms with Gasteiger partial charge in [-0.2, -0.15) is 5.10 Å². The molecule has 0 saturated heterocycles. The molecule has 0 aliphatic heterocycles. The maximum Gasteiger partial charge on any atom is 0.263 e. The number of hydrogen-bond donors (Lipinski definition) is 1. The molecule has 5 nitrogen and oxygen atoms in total. The van der Waals surface area contributed by atoms with E-state index in [1.807, 2.05) is 13.8 Å². The Labute approximate surface area is 131 Å². The summed E-state index contributed by atoms with van der Waals surface area (Å²) in [6.07, 6.45) is 1.55. The van der Waals surface area contributed by atoms with Crippen molar-refractivity contribution in [3.05, 3.63) is 40.0 Å². The van der Waals surface area contributed by atoms with Crippen LogP contribution in [0.3, 0.4) is 0 Å². The lowest BCUT2D eigenvalue weighted by Gasteiger charge is -2.13. The zero-order valence-corrected chi connectivity index (χ0v) is 14.0. The normalized spacial score (nSPS) is 11.8. The summed E-state index contributed by atoms with van der Waals surface area (Å²) < 4.78 is 29.3. The summed E-state index contributed by atoms with van der Waals surface area (Å²) in [4.78, 5) is 0.130. The van der Waals surface area contributed by atoms with Gasteiger partial charge in [-0.3, -0.25) is 4.72 Å². The summed E-state index contributed by atoms with van der Waals surface area (Å²) in [7, 11) is -3.68. The number of halogens is 2. The molecule has 0 unspecified atom stereocenters. The third-order valence-electron chi connectivity index (χ3n) is 2.60. The minimum Gasteiger partial charge on any atom is -0.264 e. The first-order valence-electron chi connectivity index (χ1n) is 5.82. The van der Waals surface area contributed by atoms with Gasteiger partial charge in [0.2, 0.25) is 0 Å². The number of nitrogens with zero attached hydrogens (tertiary/aromatic N) is 2. The second kappa shape index (κ2) is 5.75. The summed E-state index contributed by atoms with van der Waals surface area (Å²) in [5.41, 5.74) is 0. The molecule has 0 spiro atoms. The maximum absolute atomic E-state index is 12.3. The largest absolute Gasteiger partial charge is 0.264 e. The molecule has 0 atom stereocenters. The smallest absolute Gasteiger partial charge is 0.263 e. The Morgan fingerprint density at radius 2 is 2.05 bits per heavy atom. The van der Waals surface area contributed by atoms with E-state index in [0.717, 1.165) is 0 Å². The van der Waals surface area contributed by atoms with Crippen molar-refractivity contribution in [3.63, 3.8) is 0 Å². The fraction of sp³-hybridized carbons (Fsp3) is 0.250. The Bertz CT molecular complexity index is 728. The van der Waals surface area contributed by atoms with Crippen molar-refractivity contribution in [3.8, 4) is 0 Å². The van der Waals surface area contributed by atoms with Gasteiger partial charge >= 0.3 is 0 Å². The van der Waals surface area contributed by atoms with Gasteiger partial charge in [0.1, 0.15) is 5.82 Å². The van der Waals surface area contributed by atoms with Crippen LogP contribution in [0.2, 0.25) is 5.02 Å². The van der Waals surface area contributed by atoms with E-state index in [0.29, 0.717) is 15.3 Å². The molecular weight excluding hydrogens is 366 g/mol. The van der Waals surface area contributed by atoms with Crippen molar-refractivity contribution >= 4 is 43.4 Å². The van der Waals surface area contributed by atoms with Gasteiger partial charge in [0, 0.05) is 16.6 Å². The Morgan fingerprint density at radius 3 is 2.65 bits per heavy atom. The lowest BCUT2D eigenvalue weighted by molar-refractivity contribution is 0.539. The Kier molecular flexibility index (Phi) is 4.41. The molecule has 0 aliphatic carbocycles. The molecular formula is C12H13BrClN3O2S. The SMILES string of the molecule is CC(C)n1nccc1NS(=O)(=O)c1ccc(Cl)c(Br)c1. The molecule has 0 amide bonds. The lowest BCUT2D eigenvalue weighted by atomic mass is 10.4. The van der Waals surface area contributed by atoms with Gasteiger partial charge in [0.05, 0.1) is 16.1 Å². The quantitative estimate of drug-likeness (QED) is 0.882. The van der Waals surface area contributed by atoms with Gasteiger partial charge in [-0.25, -0.2) is 13.1 Å².